The minimum atomic E-state index is -3.20. The van der Waals surface area contributed by atoms with Crippen LogP contribution in [-0.2, 0) is 24.2 Å². The number of anilines is 1. The topological polar surface area (TPSA) is 89.5 Å². The molecule has 126 valence electrons. The quantitative estimate of drug-likeness (QED) is 0.836. The lowest BCUT2D eigenvalue weighted by Crippen LogP contribution is -2.32. The van der Waals surface area contributed by atoms with E-state index in [0.29, 0.717) is 5.56 Å². The van der Waals surface area contributed by atoms with E-state index in [4.69, 9.17) is 4.74 Å². The number of ether oxygens (including phenoxy) is 1. The molecule has 2 atom stereocenters. The zero-order valence-corrected chi connectivity index (χ0v) is 13.7. The summed E-state index contributed by atoms with van der Waals surface area (Å²) in [5.41, 5.74) is 0.703. The van der Waals surface area contributed by atoms with E-state index in [2.05, 4.69) is 5.32 Å². The number of sulfone groups is 1. The molecule has 0 saturated carbocycles. The minimum Gasteiger partial charge on any atom is -0.452 e. The van der Waals surface area contributed by atoms with E-state index in [9.17, 15) is 22.4 Å². The third kappa shape index (κ3) is 4.51. The van der Waals surface area contributed by atoms with Crippen molar-refractivity contribution in [3.8, 4) is 0 Å². The summed E-state index contributed by atoms with van der Waals surface area (Å²) >= 11 is 0. The molecule has 1 aromatic rings. The normalized spacial score (nSPS) is 20.7. The summed E-state index contributed by atoms with van der Waals surface area (Å²) < 4.78 is 41.1. The molecular formula is C15H18FNO5S. The Balaban J connectivity index is 1.92. The Labute approximate surface area is 133 Å². The Kier molecular flexibility index (Phi) is 5.03. The zero-order chi connectivity index (χ0) is 17.2. The largest absolute Gasteiger partial charge is 0.452 e. The van der Waals surface area contributed by atoms with Crippen molar-refractivity contribution in [2.45, 2.75) is 26.4 Å². The molecule has 1 aliphatic rings. The van der Waals surface area contributed by atoms with E-state index >= 15 is 0 Å². The maximum atomic E-state index is 13.4. The lowest BCUT2D eigenvalue weighted by atomic mass is 10.1. The van der Waals surface area contributed by atoms with Crippen molar-refractivity contribution < 1.29 is 27.1 Å². The fourth-order valence-electron chi connectivity index (χ4n) is 2.22. The van der Waals surface area contributed by atoms with Crippen LogP contribution in [0.1, 0.15) is 18.9 Å². The van der Waals surface area contributed by atoms with Gasteiger partial charge in [-0.3, -0.25) is 9.59 Å². The summed E-state index contributed by atoms with van der Waals surface area (Å²) in [6.07, 6.45) is -0.895. The van der Waals surface area contributed by atoms with Crippen molar-refractivity contribution in [3.05, 3.63) is 29.6 Å². The van der Waals surface area contributed by atoms with Crippen LogP contribution in [0.5, 0.6) is 0 Å². The number of hydrogen-bond acceptors (Lipinski definition) is 5. The summed E-state index contributed by atoms with van der Waals surface area (Å²) in [5, 5.41) is 2.45. The first-order valence-corrected chi connectivity index (χ1v) is 8.98. The molecule has 1 saturated heterocycles. The van der Waals surface area contributed by atoms with Crippen molar-refractivity contribution in [1.82, 2.24) is 0 Å². The predicted octanol–water partition coefficient (Wildman–Crippen LogP) is 1.44. The van der Waals surface area contributed by atoms with Gasteiger partial charge in [0.1, 0.15) is 5.82 Å². The van der Waals surface area contributed by atoms with Crippen LogP contribution >= 0.6 is 0 Å². The summed E-state index contributed by atoms with van der Waals surface area (Å²) in [6, 6.07) is 4.23. The maximum absolute atomic E-state index is 13.4. The van der Waals surface area contributed by atoms with Gasteiger partial charge in [-0.1, -0.05) is 6.07 Å². The maximum Gasteiger partial charge on any atom is 0.310 e. The molecule has 8 heteroatoms. The van der Waals surface area contributed by atoms with Crippen LogP contribution in [0.15, 0.2) is 18.2 Å². The first-order chi connectivity index (χ1) is 10.7. The molecule has 6 nitrogen and oxygen atoms in total. The highest BCUT2D eigenvalue weighted by Gasteiger charge is 2.35. The van der Waals surface area contributed by atoms with Crippen molar-refractivity contribution in [2.24, 2.45) is 5.92 Å². The Morgan fingerprint density at radius 3 is 2.65 bits per heavy atom. The van der Waals surface area contributed by atoms with Crippen LogP contribution in [0.25, 0.3) is 0 Å². The first kappa shape index (κ1) is 17.4. The highest BCUT2D eigenvalue weighted by molar-refractivity contribution is 7.91. The number of halogens is 1. The minimum absolute atomic E-state index is 0.0456. The molecule has 0 bridgehead atoms. The van der Waals surface area contributed by atoms with Gasteiger partial charge >= 0.3 is 5.97 Å². The van der Waals surface area contributed by atoms with Gasteiger partial charge < -0.3 is 10.1 Å². The van der Waals surface area contributed by atoms with Crippen LogP contribution in [0, 0.1) is 18.7 Å². The number of nitrogens with one attached hydrogen (secondary N) is 1. The molecule has 0 radical (unpaired) electrons. The number of hydrogen-bond donors (Lipinski definition) is 1. The third-order valence-corrected chi connectivity index (χ3v) is 5.44. The summed E-state index contributed by atoms with van der Waals surface area (Å²) in [6.45, 7) is 2.97. The molecule has 1 aromatic carbocycles. The van der Waals surface area contributed by atoms with E-state index in [-0.39, 0.29) is 23.6 Å². The Morgan fingerprint density at radius 2 is 2.09 bits per heavy atom. The van der Waals surface area contributed by atoms with Crippen LogP contribution in [0.3, 0.4) is 0 Å². The molecule has 23 heavy (non-hydrogen) atoms. The second kappa shape index (κ2) is 6.66. The van der Waals surface area contributed by atoms with Crippen molar-refractivity contribution in [2.75, 3.05) is 16.8 Å². The summed E-state index contributed by atoms with van der Waals surface area (Å²) in [5.74, 6) is -2.79. The Bertz CT molecular complexity index is 731. The highest BCUT2D eigenvalue weighted by atomic mass is 32.2. The Morgan fingerprint density at radius 1 is 1.39 bits per heavy atom. The van der Waals surface area contributed by atoms with Crippen molar-refractivity contribution >= 4 is 27.4 Å². The molecule has 0 unspecified atom stereocenters. The number of benzene rings is 1. The van der Waals surface area contributed by atoms with Crippen LogP contribution in [-0.4, -0.2) is 37.9 Å². The lowest BCUT2D eigenvalue weighted by molar-refractivity contribution is -0.156. The molecule has 1 amide bonds. The van der Waals surface area contributed by atoms with E-state index < -0.39 is 39.6 Å². The van der Waals surface area contributed by atoms with Gasteiger partial charge in [0.2, 0.25) is 0 Å². The van der Waals surface area contributed by atoms with Gasteiger partial charge in [-0.05, 0) is 38.0 Å². The Hall–Kier alpha value is -1.96. The third-order valence-electron chi connectivity index (χ3n) is 3.67. The number of amides is 1. The van der Waals surface area contributed by atoms with Crippen LogP contribution < -0.4 is 5.32 Å². The fraction of sp³-hybridized carbons (Fsp3) is 0.467. The van der Waals surface area contributed by atoms with Gasteiger partial charge in [0.25, 0.3) is 5.91 Å². The molecule has 2 rings (SSSR count). The molecule has 0 spiro atoms. The number of carbonyl (C=O) groups excluding carboxylic acids is 2. The smallest absolute Gasteiger partial charge is 0.310 e. The molecule has 1 fully saturated rings. The molecule has 0 aromatic heterocycles. The molecule has 1 aliphatic heterocycles. The lowest BCUT2D eigenvalue weighted by Gasteiger charge is -2.15. The number of esters is 1. The number of rotatable bonds is 4. The second-order valence-electron chi connectivity index (χ2n) is 5.63. The summed E-state index contributed by atoms with van der Waals surface area (Å²) in [4.78, 5) is 23.8. The first-order valence-electron chi connectivity index (χ1n) is 7.16. The average Bonchev–Trinajstić information content (AvgIpc) is 2.83. The molecule has 1 heterocycles. The predicted molar refractivity (Wildman–Crippen MR) is 82.1 cm³/mol. The highest BCUT2D eigenvalue weighted by Crippen LogP contribution is 2.20. The van der Waals surface area contributed by atoms with Gasteiger partial charge in [0.05, 0.1) is 17.4 Å². The van der Waals surface area contributed by atoms with Gasteiger partial charge in [0, 0.05) is 5.69 Å². The second-order valence-corrected chi connectivity index (χ2v) is 7.86. The van der Waals surface area contributed by atoms with E-state index in [0.717, 1.165) is 0 Å². The molecular weight excluding hydrogens is 325 g/mol. The zero-order valence-electron chi connectivity index (χ0n) is 12.8. The van der Waals surface area contributed by atoms with Crippen molar-refractivity contribution in [1.29, 1.82) is 0 Å². The van der Waals surface area contributed by atoms with Crippen LogP contribution in [0.2, 0.25) is 0 Å². The monoisotopic (exact) mass is 343 g/mol. The fourth-order valence-corrected chi connectivity index (χ4v) is 3.95. The van der Waals surface area contributed by atoms with Gasteiger partial charge in [-0.2, -0.15) is 0 Å². The standard InChI is InChI=1S/C15H18FNO5S/c1-9-3-4-12(7-13(9)16)17-14(18)10(2)22-15(19)11-5-6-23(20,21)8-11/h3-4,7,10-11H,5-6,8H2,1-2H3,(H,17,18)/t10-,11-/m0/s1. The number of aryl methyl sites for hydroxylation is 1. The van der Waals surface area contributed by atoms with E-state index in [1.165, 1.54) is 25.1 Å². The van der Waals surface area contributed by atoms with Crippen molar-refractivity contribution in [3.63, 3.8) is 0 Å². The van der Waals surface area contributed by atoms with E-state index in [1.54, 1.807) is 6.92 Å². The number of carbonyl (C=O) groups is 2. The SMILES string of the molecule is Cc1ccc(NC(=O)[C@H](C)OC(=O)[C@H]2CCS(=O)(=O)C2)cc1F. The molecule has 1 N–H and O–H groups in total. The average molecular weight is 343 g/mol. The van der Waals surface area contributed by atoms with Gasteiger partial charge in [0.15, 0.2) is 15.9 Å². The van der Waals surface area contributed by atoms with E-state index in [1.807, 2.05) is 0 Å². The van der Waals surface area contributed by atoms with Gasteiger partial charge in [-0.15, -0.1) is 0 Å². The van der Waals surface area contributed by atoms with Crippen LogP contribution in [0.4, 0.5) is 10.1 Å². The van der Waals surface area contributed by atoms with Gasteiger partial charge in [-0.25, -0.2) is 12.8 Å². The molecule has 0 aliphatic carbocycles. The summed E-state index contributed by atoms with van der Waals surface area (Å²) in [7, 11) is -3.20.